The van der Waals surface area contributed by atoms with Crippen molar-refractivity contribution in [2.24, 2.45) is 5.73 Å². The van der Waals surface area contributed by atoms with E-state index in [2.05, 4.69) is 32.0 Å². The second-order valence-electron chi connectivity index (χ2n) is 4.29. The summed E-state index contributed by atoms with van der Waals surface area (Å²) in [4.78, 5) is 12.6. The van der Waals surface area contributed by atoms with Crippen LogP contribution in [0, 0.1) is 13.8 Å². The van der Waals surface area contributed by atoms with Crippen LogP contribution in [0.4, 0.5) is 4.79 Å². The molecule has 4 heteroatoms. The maximum atomic E-state index is 11.0. The van der Waals surface area contributed by atoms with Gasteiger partial charge in [0.15, 0.2) is 0 Å². The molecule has 94 valence electrons. The second kappa shape index (κ2) is 5.96. The highest BCUT2D eigenvalue weighted by Crippen LogP contribution is 2.22. The fourth-order valence-corrected chi connectivity index (χ4v) is 2.52. The second-order valence-corrected chi connectivity index (χ2v) is 5.59. The minimum atomic E-state index is -0.383. The van der Waals surface area contributed by atoms with Crippen molar-refractivity contribution < 1.29 is 4.79 Å². The van der Waals surface area contributed by atoms with E-state index in [0.717, 1.165) is 5.75 Å². The third kappa shape index (κ3) is 3.97. The Morgan fingerprint density at radius 1 is 1.47 bits per heavy atom. The molecule has 0 bridgehead atoms. The monoisotopic (exact) mass is 252 g/mol. The van der Waals surface area contributed by atoms with Gasteiger partial charge in [-0.25, -0.2) is 4.79 Å². The molecule has 2 amide bonds. The number of urea groups is 1. The number of rotatable bonds is 4. The Morgan fingerprint density at radius 2 is 2.12 bits per heavy atom. The van der Waals surface area contributed by atoms with Crippen LogP contribution in [-0.2, 0) is 5.75 Å². The van der Waals surface area contributed by atoms with E-state index in [-0.39, 0.29) is 11.4 Å². The third-order valence-corrected chi connectivity index (χ3v) is 4.15. The first kappa shape index (κ1) is 13.9. The summed E-state index contributed by atoms with van der Waals surface area (Å²) < 4.78 is 0. The Kier molecular flexibility index (Phi) is 4.87. The number of carbonyl (C=O) groups is 1. The van der Waals surface area contributed by atoms with Gasteiger partial charge < -0.3 is 10.6 Å². The Labute approximate surface area is 107 Å². The molecule has 0 radical (unpaired) electrons. The van der Waals surface area contributed by atoms with Crippen molar-refractivity contribution in [3.05, 3.63) is 34.9 Å². The fraction of sp³-hybridized carbons (Fsp3) is 0.462. The molecular formula is C13H20N2OS. The molecule has 3 nitrogen and oxygen atoms in total. The maximum absolute atomic E-state index is 11.0. The lowest BCUT2D eigenvalue weighted by Gasteiger charge is -2.22. The summed E-state index contributed by atoms with van der Waals surface area (Å²) in [5.74, 6) is 0.895. The summed E-state index contributed by atoms with van der Waals surface area (Å²) in [5, 5.41) is 0.0902. The Balaban J connectivity index is 2.61. The topological polar surface area (TPSA) is 46.3 Å². The number of carbonyl (C=O) groups excluding carboxylic acids is 1. The molecular weight excluding hydrogens is 232 g/mol. The number of hydrogen-bond donors (Lipinski definition) is 1. The molecule has 0 aliphatic heterocycles. The van der Waals surface area contributed by atoms with Gasteiger partial charge in [0.05, 0.1) is 5.37 Å². The van der Waals surface area contributed by atoms with Crippen LogP contribution in [-0.4, -0.2) is 23.4 Å². The molecule has 0 heterocycles. The summed E-state index contributed by atoms with van der Waals surface area (Å²) in [6.45, 7) is 6.19. The molecule has 1 atom stereocenters. The predicted octanol–water partition coefficient (Wildman–Crippen LogP) is 2.89. The number of nitrogens with zero attached hydrogens (tertiary/aromatic N) is 1. The Hall–Kier alpha value is -1.16. The lowest BCUT2D eigenvalue weighted by Crippen LogP contribution is -2.37. The Morgan fingerprint density at radius 3 is 2.71 bits per heavy atom. The summed E-state index contributed by atoms with van der Waals surface area (Å²) in [6, 6.07) is 6.06. The van der Waals surface area contributed by atoms with Gasteiger partial charge in [-0.1, -0.05) is 23.8 Å². The van der Waals surface area contributed by atoms with Crippen LogP contribution in [0.2, 0.25) is 0 Å². The summed E-state index contributed by atoms with van der Waals surface area (Å²) in [6.07, 6.45) is 0. The highest BCUT2D eigenvalue weighted by Gasteiger charge is 2.13. The van der Waals surface area contributed by atoms with Crippen LogP contribution in [0.15, 0.2) is 18.2 Å². The average molecular weight is 252 g/mol. The van der Waals surface area contributed by atoms with E-state index < -0.39 is 0 Å². The van der Waals surface area contributed by atoms with Crippen molar-refractivity contribution in [2.75, 3.05) is 7.05 Å². The van der Waals surface area contributed by atoms with E-state index >= 15 is 0 Å². The lowest BCUT2D eigenvalue weighted by molar-refractivity contribution is 0.217. The van der Waals surface area contributed by atoms with Gasteiger partial charge >= 0.3 is 6.03 Å². The number of hydrogen-bond acceptors (Lipinski definition) is 2. The quantitative estimate of drug-likeness (QED) is 0.838. The average Bonchev–Trinajstić information content (AvgIpc) is 2.28. The highest BCUT2D eigenvalue weighted by molar-refractivity contribution is 7.99. The first-order valence-electron chi connectivity index (χ1n) is 5.62. The predicted molar refractivity (Wildman–Crippen MR) is 74.0 cm³/mol. The largest absolute Gasteiger partial charge is 0.351 e. The number of nitrogens with two attached hydrogens (primary N) is 1. The minimum Gasteiger partial charge on any atom is -0.351 e. The van der Waals surface area contributed by atoms with Crippen molar-refractivity contribution in [2.45, 2.75) is 31.9 Å². The van der Waals surface area contributed by atoms with Gasteiger partial charge in [0.25, 0.3) is 0 Å². The van der Waals surface area contributed by atoms with Crippen molar-refractivity contribution in [3.63, 3.8) is 0 Å². The molecule has 1 unspecified atom stereocenters. The van der Waals surface area contributed by atoms with Gasteiger partial charge in [0.2, 0.25) is 0 Å². The molecule has 2 N–H and O–H groups in total. The van der Waals surface area contributed by atoms with Crippen LogP contribution in [0.3, 0.4) is 0 Å². The zero-order chi connectivity index (χ0) is 13.0. The molecule has 0 aliphatic rings. The van der Waals surface area contributed by atoms with Crippen molar-refractivity contribution in [1.82, 2.24) is 4.90 Å². The van der Waals surface area contributed by atoms with Crippen LogP contribution in [0.5, 0.6) is 0 Å². The van der Waals surface area contributed by atoms with E-state index in [1.807, 2.05) is 6.92 Å². The number of primary amides is 1. The van der Waals surface area contributed by atoms with Gasteiger partial charge in [0.1, 0.15) is 0 Å². The molecule has 0 aromatic heterocycles. The van der Waals surface area contributed by atoms with Gasteiger partial charge in [-0.05, 0) is 31.9 Å². The number of thioether (sulfide) groups is 1. The number of benzene rings is 1. The normalized spacial score (nSPS) is 12.2. The molecule has 17 heavy (non-hydrogen) atoms. The summed E-state index contributed by atoms with van der Waals surface area (Å²) >= 11 is 1.71. The van der Waals surface area contributed by atoms with Crippen LogP contribution in [0.1, 0.15) is 23.6 Å². The van der Waals surface area contributed by atoms with Crippen molar-refractivity contribution in [1.29, 1.82) is 0 Å². The lowest BCUT2D eigenvalue weighted by atomic mass is 10.1. The molecule has 0 saturated carbocycles. The van der Waals surface area contributed by atoms with E-state index in [1.54, 1.807) is 23.7 Å². The number of aryl methyl sites for hydroxylation is 2. The van der Waals surface area contributed by atoms with Gasteiger partial charge in [-0.15, -0.1) is 11.8 Å². The van der Waals surface area contributed by atoms with E-state index in [4.69, 9.17) is 5.73 Å². The van der Waals surface area contributed by atoms with Crippen molar-refractivity contribution in [3.8, 4) is 0 Å². The fourth-order valence-electron chi connectivity index (χ4n) is 1.46. The maximum Gasteiger partial charge on any atom is 0.315 e. The molecule has 0 aliphatic carbocycles. The van der Waals surface area contributed by atoms with Crippen LogP contribution < -0.4 is 5.73 Å². The van der Waals surface area contributed by atoms with Gasteiger partial charge in [-0.3, -0.25) is 0 Å². The standard InChI is InChI=1S/C13H20N2OS/c1-9-5-6-10(2)12(7-9)8-17-11(3)15(4)13(14)16/h5-7,11H,8H2,1-4H3,(H2,14,16). The molecule has 1 aromatic carbocycles. The Bertz CT molecular complexity index is 406. The molecule has 0 fully saturated rings. The minimum absolute atomic E-state index is 0.0902. The third-order valence-electron chi connectivity index (χ3n) is 2.88. The van der Waals surface area contributed by atoms with Gasteiger partial charge in [-0.2, -0.15) is 0 Å². The highest BCUT2D eigenvalue weighted by atomic mass is 32.2. The SMILES string of the molecule is Cc1ccc(C)c(CSC(C)N(C)C(N)=O)c1. The molecule has 1 rings (SSSR count). The van der Waals surface area contributed by atoms with Crippen molar-refractivity contribution >= 4 is 17.8 Å². The van der Waals surface area contributed by atoms with E-state index in [0.29, 0.717) is 0 Å². The zero-order valence-electron chi connectivity index (χ0n) is 10.9. The zero-order valence-corrected chi connectivity index (χ0v) is 11.7. The molecule has 0 spiro atoms. The first-order chi connectivity index (χ1) is 7.91. The first-order valence-corrected chi connectivity index (χ1v) is 6.66. The number of amides is 2. The van der Waals surface area contributed by atoms with Gasteiger partial charge in [0, 0.05) is 12.8 Å². The summed E-state index contributed by atoms with van der Waals surface area (Å²) in [7, 11) is 1.73. The molecule has 0 saturated heterocycles. The summed E-state index contributed by atoms with van der Waals surface area (Å²) in [5.41, 5.74) is 9.11. The smallest absolute Gasteiger partial charge is 0.315 e. The van der Waals surface area contributed by atoms with E-state index in [1.165, 1.54) is 16.7 Å². The molecule has 1 aromatic rings. The van der Waals surface area contributed by atoms with Crippen LogP contribution >= 0.6 is 11.8 Å². The van der Waals surface area contributed by atoms with Crippen LogP contribution in [0.25, 0.3) is 0 Å². The van der Waals surface area contributed by atoms with E-state index in [9.17, 15) is 4.79 Å².